The summed E-state index contributed by atoms with van der Waals surface area (Å²) in [6.45, 7) is 5.93. The maximum absolute atomic E-state index is 12.9. The molecule has 0 aromatic carbocycles. The van der Waals surface area contributed by atoms with Gasteiger partial charge in [0.05, 0.1) is 12.2 Å². The molecule has 25 heavy (non-hydrogen) atoms. The van der Waals surface area contributed by atoms with E-state index in [0.29, 0.717) is 35.4 Å². The topological polar surface area (TPSA) is 90.7 Å². The van der Waals surface area contributed by atoms with Gasteiger partial charge in [-0.25, -0.2) is 4.79 Å². The molecule has 0 bridgehead atoms. The van der Waals surface area contributed by atoms with Crippen molar-refractivity contribution in [2.45, 2.75) is 33.6 Å². The highest BCUT2D eigenvalue weighted by Gasteiger charge is 2.42. The Bertz CT molecular complexity index is 794. The molecule has 6 heteroatoms. The zero-order valence-corrected chi connectivity index (χ0v) is 14.6. The summed E-state index contributed by atoms with van der Waals surface area (Å²) in [5.41, 5.74) is 7.42. The molecule has 0 spiro atoms. The summed E-state index contributed by atoms with van der Waals surface area (Å²) in [4.78, 5) is 25.4. The zero-order chi connectivity index (χ0) is 18.2. The second kappa shape index (κ2) is 6.27. The van der Waals surface area contributed by atoms with Crippen LogP contribution in [0.2, 0.25) is 0 Å². The molecule has 3 N–H and O–H groups in total. The second-order valence-electron chi connectivity index (χ2n) is 6.95. The van der Waals surface area contributed by atoms with E-state index in [9.17, 15) is 9.59 Å². The van der Waals surface area contributed by atoms with Gasteiger partial charge in [0.25, 0.3) is 0 Å². The van der Waals surface area contributed by atoms with Gasteiger partial charge in [0.15, 0.2) is 5.78 Å². The first-order chi connectivity index (χ1) is 11.8. The van der Waals surface area contributed by atoms with E-state index in [4.69, 9.17) is 15.2 Å². The highest BCUT2D eigenvalue weighted by molar-refractivity contribution is 6.08. The van der Waals surface area contributed by atoms with E-state index in [-0.39, 0.29) is 29.3 Å². The van der Waals surface area contributed by atoms with Crippen LogP contribution in [0.15, 0.2) is 58.5 Å². The lowest BCUT2D eigenvalue weighted by molar-refractivity contribution is -0.138. The number of hydrogen-bond acceptors (Lipinski definition) is 6. The summed E-state index contributed by atoms with van der Waals surface area (Å²) in [7, 11) is 0. The van der Waals surface area contributed by atoms with Crippen molar-refractivity contribution >= 4 is 11.8 Å². The van der Waals surface area contributed by atoms with Gasteiger partial charge in [-0.1, -0.05) is 19.9 Å². The van der Waals surface area contributed by atoms with Crippen LogP contribution in [0.4, 0.5) is 0 Å². The minimum atomic E-state index is -0.601. The van der Waals surface area contributed by atoms with E-state index >= 15 is 0 Å². The predicted molar refractivity (Wildman–Crippen MR) is 92.4 cm³/mol. The first-order valence-electron chi connectivity index (χ1n) is 8.30. The molecule has 0 aromatic heterocycles. The van der Waals surface area contributed by atoms with Gasteiger partial charge in [0.2, 0.25) is 5.88 Å². The summed E-state index contributed by atoms with van der Waals surface area (Å²) in [6, 6.07) is 0. The first-order valence-corrected chi connectivity index (χ1v) is 8.30. The number of rotatable bonds is 2. The molecular formula is C19H22N2O4. The van der Waals surface area contributed by atoms with Gasteiger partial charge in [-0.2, -0.15) is 0 Å². The number of carbonyl (C=O) groups excluding carboxylic acids is 2. The molecule has 0 fully saturated rings. The molecule has 0 saturated heterocycles. The van der Waals surface area contributed by atoms with Crippen LogP contribution in [0.1, 0.15) is 33.6 Å². The lowest BCUT2D eigenvalue weighted by Gasteiger charge is -2.35. The van der Waals surface area contributed by atoms with Crippen molar-refractivity contribution < 1.29 is 19.1 Å². The van der Waals surface area contributed by atoms with Gasteiger partial charge in [0, 0.05) is 30.3 Å². The molecule has 0 aromatic rings. The van der Waals surface area contributed by atoms with Crippen molar-refractivity contribution in [1.82, 2.24) is 5.32 Å². The van der Waals surface area contributed by atoms with Crippen LogP contribution in [0.3, 0.4) is 0 Å². The van der Waals surface area contributed by atoms with Gasteiger partial charge in [-0.05, 0) is 24.5 Å². The number of nitrogens with two attached hydrogens (primary N) is 1. The van der Waals surface area contributed by atoms with Crippen LogP contribution in [0, 0.1) is 5.41 Å². The number of carbonyl (C=O) groups is 2. The number of hydrogen-bond donors (Lipinski definition) is 2. The normalized spacial score (nSPS) is 24.7. The fourth-order valence-electron chi connectivity index (χ4n) is 3.29. The van der Waals surface area contributed by atoms with E-state index in [1.165, 1.54) is 0 Å². The Morgan fingerprint density at radius 3 is 2.72 bits per heavy atom. The van der Waals surface area contributed by atoms with E-state index in [0.717, 1.165) is 0 Å². The summed E-state index contributed by atoms with van der Waals surface area (Å²) in [5.74, 6) is -0.182. The maximum atomic E-state index is 12.9. The average molecular weight is 342 g/mol. The Morgan fingerprint density at radius 1 is 1.32 bits per heavy atom. The summed E-state index contributed by atoms with van der Waals surface area (Å²) < 4.78 is 10.8. The Labute approximate surface area is 146 Å². The predicted octanol–water partition coefficient (Wildman–Crippen LogP) is 2.32. The Balaban J connectivity index is 2.20. The van der Waals surface area contributed by atoms with Gasteiger partial charge in [0.1, 0.15) is 11.3 Å². The molecule has 132 valence electrons. The standard InChI is InChI=1S/C19H22N2O4/c1-4-24-18(23)16-14(11-7-5-6-8-21-11)15-12(22)9-19(2,3)10-13(15)25-17(16)20/h5-8,21H,4,9-10,20H2,1-3H3. The molecular weight excluding hydrogens is 320 g/mol. The Kier molecular flexibility index (Phi) is 4.29. The largest absolute Gasteiger partial charge is 0.462 e. The minimum Gasteiger partial charge on any atom is -0.462 e. The van der Waals surface area contributed by atoms with E-state index in [1.54, 1.807) is 19.2 Å². The second-order valence-corrected chi connectivity index (χ2v) is 6.95. The molecule has 3 aliphatic rings. The monoisotopic (exact) mass is 342 g/mol. The van der Waals surface area contributed by atoms with Crippen molar-refractivity contribution in [3.63, 3.8) is 0 Å². The van der Waals surface area contributed by atoms with Crippen LogP contribution >= 0.6 is 0 Å². The SMILES string of the molecule is CCOC(=O)C1=C(N)OC2=C(C(=O)CC(C)(C)C2)C1=C1C=CC=CN1. The van der Waals surface area contributed by atoms with Crippen molar-refractivity contribution in [3.8, 4) is 0 Å². The number of nitrogens with one attached hydrogen (secondary N) is 1. The van der Waals surface area contributed by atoms with Crippen molar-refractivity contribution in [2.75, 3.05) is 6.61 Å². The smallest absolute Gasteiger partial charge is 0.344 e. The van der Waals surface area contributed by atoms with Crippen molar-refractivity contribution in [3.05, 3.63) is 58.5 Å². The number of Topliss-reactive ketones (excluding diaryl/α,β-unsaturated/α-hetero) is 1. The summed E-state index contributed by atoms with van der Waals surface area (Å²) in [5, 5.41) is 3.08. The highest BCUT2D eigenvalue weighted by Crippen LogP contribution is 2.45. The molecule has 0 saturated carbocycles. The first kappa shape index (κ1) is 17.1. The number of ether oxygens (including phenoxy) is 2. The molecule has 1 aliphatic carbocycles. The van der Waals surface area contributed by atoms with E-state index in [1.807, 2.05) is 26.0 Å². The fourth-order valence-corrected chi connectivity index (χ4v) is 3.29. The minimum absolute atomic E-state index is 0.0325. The maximum Gasteiger partial charge on any atom is 0.344 e. The summed E-state index contributed by atoms with van der Waals surface area (Å²) in [6.07, 6.45) is 8.12. The number of ketones is 1. The van der Waals surface area contributed by atoms with E-state index in [2.05, 4.69) is 5.32 Å². The number of dihydropyridines is 1. The van der Waals surface area contributed by atoms with Gasteiger partial charge in [-0.15, -0.1) is 0 Å². The van der Waals surface area contributed by atoms with Crippen molar-refractivity contribution in [2.24, 2.45) is 11.1 Å². The molecule has 3 rings (SSSR count). The molecule has 2 aliphatic heterocycles. The third-order valence-corrected chi connectivity index (χ3v) is 4.27. The quantitative estimate of drug-likeness (QED) is 0.749. The van der Waals surface area contributed by atoms with Crippen LogP contribution in [0.5, 0.6) is 0 Å². The number of esters is 1. The van der Waals surface area contributed by atoms with Crippen LogP contribution < -0.4 is 11.1 Å². The highest BCUT2D eigenvalue weighted by atomic mass is 16.5. The Morgan fingerprint density at radius 2 is 2.08 bits per heavy atom. The van der Waals surface area contributed by atoms with Gasteiger partial charge < -0.3 is 20.5 Å². The zero-order valence-electron chi connectivity index (χ0n) is 14.6. The fraction of sp³-hybridized carbons (Fsp3) is 0.368. The molecule has 0 atom stereocenters. The Hall–Kier alpha value is -2.76. The van der Waals surface area contributed by atoms with Crippen LogP contribution in [0.25, 0.3) is 0 Å². The average Bonchev–Trinajstić information content (AvgIpc) is 2.53. The third-order valence-electron chi connectivity index (χ3n) is 4.27. The molecule has 0 radical (unpaired) electrons. The van der Waals surface area contributed by atoms with Gasteiger partial charge in [-0.3, -0.25) is 4.79 Å². The molecule has 0 amide bonds. The summed E-state index contributed by atoms with van der Waals surface area (Å²) >= 11 is 0. The van der Waals surface area contributed by atoms with Crippen LogP contribution in [-0.4, -0.2) is 18.4 Å². The van der Waals surface area contributed by atoms with Gasteiger partial charge >= 0.3 is 5.97 Å². The molecule has 2 heterocycles. The lowest BCUT2D eigenvalue weighted by atomic mass is 9.73. The van der Waals surface area contributed by atoms with E-state index < -0.39 is 5.97 Å². The lowest BCUT2D eigenvalue weighted by Crippen LogP contribution is -2.34. The molecule has 6 nitrogen and oxygen atoms in total. The molecule has 0 unspecified atom stereocenters. The number of allylic oxidation sites excluding steroid dienone is 5. The van der Waals surface area contributed by atoms with Crippen LogP contribution in [-0.2, 0) is 19.1 Å². The van der Waals surface area contributed by atoms with Crippen molar-refractivity contribution in [1.29, 1.82) is 0 Å². The third kappa shape index (κ3) is 3.12.